The number of hydrogen-bond acceptors (Lipinski definition) is 2. The first-order valence-electron chi connectivity index (χ1n) is 6.80. The van der Waals surface area contributed by atoms with E-state index in [0.717, 1.165) is 25.7 Å². The highest BCUT2D eigenvalue weighted by atomic mass is 16.5. The van der Waals surface area contributed by atoms with Crippen molar-refractivity contribution in [1.82, 2.24) is 0 Å². The average Bonchev–Trinajstić information content (AvgIpc) is 2.36. The zero-order valence-electron chi connectivity index (χ0n) is 12.1. The second-order valence-corrected chi connectivity index (χ2v) is 4.25. The lowest BCUT2D eigenvalue weighted by molar-refractivity contribution is 0.0789. The molecule has 2 heteroatoms. The quantitative estimate of drug-likeness (QED) is 0.538. The number of hydrogen-bond donors (Lipinski definition) is 0. The summed E-state index contributed by atoms with van der Waals surface area (Å²) in [6.07, 6.45) is 8.10. The Hall–Kier alpha value is -0.920. The van der Waals surface area contributed by atoms with Crippen LogP contribution in [0.25, 0.3) is 0 Å². The minimum atomic E-state index is 0.106. The number of allylic oxidation sites excluding steroid dienone is 2. The van der Waals surface area contributed by atoms with Crippen LogP contribution in [0.1, 0.15) is 60.3 Å². The Morgan fingerprint density at radius 3 is 1.82 bits per heavy atom. The maximum Gasteiger partial charge on any atom is 0.129 e. The molecule has 1 unspecified atom stereocenters. The van der Waals surface area contributed by atoms with Crippen LogP contribution in [0.5, 0.6) is 0 Å². The van der Waals surface area contributed by atoms with Crippen LogP contribution >= 0.6 is 0 Å². The van der Waals surface area contributed by atoms with Gasteiger partial charge in [0.2, 0.25) is 0 Å². The van der Waals surface area contributed by atoms with E-state index in [2.05, 4.69) is 27.7 Å². The zero-order valence-corrected chi connectivity index (χ0v) is 12.1. The minimum Gasteiger partial charge on any atom is -0.497 e. The molecule has 0 rings (SSSR count). The van der Waals surface area contributed by atoms with Gasteiger partial charge in [0.1, 0.15) is 12.7 Å². The highest BCUT2D eigenvalue weighted by molar-refractivity contribution is 4.96. The Bertz CT molecular complexity index is 229. The van der Waals surface area contributed by atoms with Crippen molar-refractivity contribution in [3.05, 3.63) is 23.7 Å². The maximum atomic E-state index is 5.62. The molecule has 0 radical (unpaired) electrons. The monoisotopic (exact) mass is 240 g/mol. The SMILES string of the molecule is CCC(=COCC(C)OC=C(CC)CC)CC. The summed E-state index contributed by atoms with van der Waals surface area (Å²) in [6.45, 7) is 11.2. The Morgan fingerprint density at radius 1 is 0.882 bits per heavy atom. The van der Waals surface area contributed by atoms with Crippen LogP contribution in [0.15, 0.2) is 23.7 Å². The van der Waals surface area contributed by atoms with Crippen molar-refractivity contribution in [1.29, 1.82) is 0 Å². The number of rotatable bonds is 9. The van der Waals surface area contributed by atoms with E-state index in [1.807, 2.05) is 19.4 Å². The molecule has 0 aliphatic heterocycles. The Morgan fingerprint density at radius 2 is 1.35 bits per heavy atom. The van der Waals surface area contributed by atoms with E-state index in [4.69, 9.17) is 9.47 Å². The lowest BCUT2D eigenvalue weighted by Gasteiger charge is -2.13. The van der Waals surface area contributed by atoms with Gasteiger partial charge in [-0.25, -0.2) is 0 Å². The van der Waals surface area contributed by atoms with E-state index in [9.17, 15) is 0 Å². The maximum absolute atomic E-state index is 5.62. The van der Waals surface area contributed by atoms with Crippen LogP contribution in [0, 0.1) is 0 Å². The van der Waals surface area contributed by atoms with Gasteiger partial charge >= 0.3 is 0 Å². The van der Waals surface area contributed by atoms with Crippen molar-refractivity contribution in [2.24, 2.45) is 0 Å². The molecule has 100 valence electrons. The summed E-state index contributed by atoms with van der Waals surface area (Å²) in [5, 5.41) is 0. The van der Waals surface area contributed by atoms with Gasteiger partial charge in [-0.2, -0.15) is 0 Å². The van der Waals surface area contributed by atoms with Crippen molar-refractivity contribution >= 4 is 0 Å². The van der Waals surface area contributed by atoms with Crippen LogP contribution in [0.3, 0.4) is 0 Å². The summed E-state index contributed by atoms with van der Waals surface area (Å²) < 4.78 is 11.1. The Labute approximate surface area is 107 Å². The predicted octanol–water partition coefficient (Wildman–Crippen LogP) is 4.82. The largest absolute Gasteiger partial charge is 0.497 e. The molecule has 0 spiro atoms. The van der Waals surface area contributed by atoms with Gasteiger partial charge in [0.05, 0.1) is 12.5 Å². The van der Waals surface area contributed by atoms with Gasteiger partial charge in [-0.05, 0) is 43.8 Å². The Balaban J connectivity index is 3.91. The fourth-order valence-electron chi connectivity index (χ4n) is 1.39. The lowest BCUT2D eigenvalue weighted by Crippen LogP contribution is -2.11. The third-order valence-electron chi connectivity index (χ3n) is 2.86. The molecular formula is C15H28O2. The molecule has 0 aliphatic rings. The smallest absolute Gasteiger partial charge is 0.129 e. The van der Waals surface area contributed by atoms with E-state index < -0.39 is 0 Å². The highest BCUT2D eigenvalue weighted by Crippen LogP contribution is 2.08. The second-order valence-electron chi connectivity index (χ2n) is 4.25. The van der Waals surface area contributed by atoms with Crippen LogP contribution < -0.4 is 0 Å². The summed E-state index contributed by atoms with van der Waals surface area (Å²) >= 11 is 0. The van der Waals surface area contributed by atoms with Gasteiger partial charge in [-0.1, -0.05) is 27.7 Å². The lowest BCUT2D eigenvalue weighted by atomic mass is 10.2. The van der Waals surface area contributed by atoms with Crippen molar-refractivity contribution in [2.75, 3.05) is 6.61 Å². The van der Waals surface area contributed by atoms with Crippen LogP contribution in [0.2, 0.25) is 0 Å². The van der Waals surface area contributed by atoms with E-state index in [1.165, 1.54) is 11.1 Å². The van der Waals surface area contributed by atoms with E-state index in [0.29, 0.717) is 6.61 Å². The van der Waals surface area contributed by atoms with Crippen molar-refractivity contribution in [2.45, 2.75) is 66.4 Å². The molecule has 0 amide bonds. The molecule has 0 aromatic heterocycles. The zero-order chi connectivity index (χ0) is 13.1. The van der Waals surface area contributed by atoms with Gasteiger partial charge in [-0.15, -0.1) is 0 Å². The normalized spacial score (nSPS) is 11.6. The van der Waals surface area contributed by atoms with Crippen LogP contribution in [-0.4, -0.2) is 12.7 Å². The van der Waals surface area contributed by atoms with Crippen molar-refractivity contribution < 1.29 is 9.47 Å². The molecular weight excluding hydrogens is 212 g/mol. The van der Waals surface area contributed by atoms with E-state index >= 15 is 0 Å². The summed E-state index contributed by atoms with van der Waals surface area (Å²) in [6, 6.07) is 0. The average molecular weight is 240 g/mol. The third kappa shape index (κ3) is 7.89. The molecule has 0 saturated heterocycles. The van der Waals surface area contributed by atoms with E-state index in [1.54, 1.807) is 0 Å². The molecule has 0 bridgehead atoms. The summed E-state index contributed by atoms with van der Waals surface area (Å²) in [7, 11) is 0. The number of ether oxygens (including phenoxy) is 2. The standard InChI is InChI=1S/C15H28O2/c1-6-14(7-2)11-16-10-13(5)17-12-15(8-3)9-4/h11-13H,6-10H2,1-5H3. The van der Waals surface area contributed by atoms with Gasteiger partial charge < -0.3 is 9.47 Å². The molecule has 1 atom stereocenters. The van der Waals surface area contributed by atoms with Gasteiger partial charge in [0.15, 0.2) is 0 Å². The van der Waals surface area contributed by atoms with E-state index in [-0.39, 0.29) is 6.10 Å². The second kappa shape index (κ2) is 10.2. The molecule has 0 heterocycles. The topological polar surface area (TPSA) is 18.5 Å². The van der Waals surface area contributed by atoms with Crippen molar-refractivity contribution in [3.8, 4) is 0 Å². The first kappa shape index (κ1) is 16.1. The molecule has 0 N–H and O–H groups in total. The first-order chi connectivity index (χ1) is 8.17. The molecule has 0 aliphatic carbocycles. The fraction of sp³-hybridized carbons (Fsp3) is 0.733. The highest BCUT2D eigenvalue weighted by Gasteiger charge is 2.01. The summed E-state index contributed by atoms with van der Waals surface area (Å²) in [5.74, 6) is 0. The van der Waals surface area contributed by atoms with Crippen LogP contribution in [0.4, 0.5) is 0 Å². The Kier molecular flexibility index (Phi) is 9.69. The predicted molar refractivity (Wildman–Crippen MR) is 73.8 cm³/mol. The summed E-state index contributed by atoms with van der Waals surface area (Å²) in [5.41, 5.74) is 2.69. The summed E-state index contributed by atoms with van der Waals surface area (Å²) in [4.78, 5) is 0. The van der Waals surface area contributed by atoms with Gasteiger partial charge in [0, 0.05) is 0 Å². The molecule has 2 nitrogen and oxygen atoms in total. The molecule has 17 heavy (non-hydrogen) atoms. The van der Waals surface area contributed by atoms with Gasteiger partial charge in [-0.3, -0.25) is 0 Å². The molecule has 0 saturated carbocycles. The molecule has 0 aromatic carbocycles. The fourth-order valence-corrected chi connectivity index (χ4v) is 1.39. The first-order valence-corrected chi connectivity index (χ1v) is 6.80. The van der Waals surface area contributed by atoms with Gasteiger partial charge in [0.25, 0.3) is 0 Å². The van der Waals surface area contributed by atoms with Crippen LogP contribution in [-0.2, 0) is 9.47 Å². The third-order valence-corrected chi connectivity index (χ3v) is 2.86. The minimum absolute atomic E-state index is 0.106. The molecule has 0 fully saturated rings. The molecule has 0 aromatic rings. The van der Waals surface area contributed by atoms with Crippen molar-refractivity contribution in [3.63, 3.8) is 0 Å².